The number of aliphatic hydroxyl groups is 1. The van der Waals surface area contributed by atoms with Crippen LogP contribution in [0.4, 0.5) is 5.69 Å². The van der Waals surface area contributed by atoms with E-state index in [2.05, 4.69) is 65.0 Å². The van der Waals surface area contributed by atoms with Crippen LogP contribution in [0.3, 0.4) is 0 Å². The molecule has 0 bridgehead atoms. The molecule has 15 nitrogen and oxygen atoms in total. The molecule has 1 aliphatic carbocycles. The second-order valence-electron chi connectivity index (χ2n) is 19.7. The number of amides is 4. The minimum Gasteiger partial charge on any atom is -0.489 e. The molecule has 67 heavy (non-hydrogen) atoms. The Balaban J connectivity index is 0.878. The van der Waals surface area contributed by atoms with Crippen molar-refractivity contribution in [2.75, 3.05) is 31.6 Å². The van der Waals surface area contributed by atoms with Gasteiger partial charge >= 0.3 is 0 Å². The molecule has 17 heteroatoms. The molecule has 0 spiro atoms. The number of carbonyl (C=O) groups excluding carboxylic acids is 4. The Morgan fingerprint density at radius 1 is 1.01 bits per heavy atom. The first kappa shape index (κ1) is 50.8. The van der Waals surface area contributed by atoms with Crippen LogP contribution in [0.25, 0.3) is 10.6 Å². The van der Waals surface area contributed by atoms with E-state index in [-0.39, 0.29) is 55.0 Å². The van der Waals surface area contributed by atoms with Gasteiger partial charge in [-0.2, -0.15) is 5.26 Å². The molecule has 0 unspecified atom stereocenters. The van der Waals surface area contributed by atoms with Gasteiger partial charge in [0.25, 0.3) is 5.91 Å². The quantitative estimate of drug-likeness (QED) is 0.0602. The maximum atomic E-state index is 14.0. The first-order valence-corrected chi connectivity index (χ1v) is 24.0. The predicted octanol–water partition coefficient (Wildman–Crippen LogP) is 7.06. The van der Waals surface area contributed by atoms with Gasteiger partial charge in [0.15, 0.2) is 0 Å². The Morgan fingerprint density at radius 2 is 1.75 bits per heavy atom. The molecule has 3 atom stereocenters. The van der Waals surface area contributed by atoms with Crippen LogP contribution in [0, 0.1) is 34.5 Å². The molecular formula is C50H63ClN8O7S. The van der Waals surface area contributed by atoms with Gasteiger partial charge in [0, 0.05) is 73.0 Å². The number of aryl methyl sites for hydroxylation is 1. The highest BCUT2D eigenvalue weighted by Crippen LogP contribution is 2.55. The molecule has 1 saturated carbocycles. The van der Waals surface area contributed by atoms with Crippen molar-refractivity contribution < 1.29 is 33.8 Å². The summed E-state index contributed by atoms with van der Waals surface area (Å²) in [5.41, 5.74) is 4.64. The fraction of sp³-hybridized carbons (Fsp3) is 0.500. The van der Waals surface area contributed by atoms with Crippen molar-refractivity contribution in [3.05, 3.63) is 93.7 Å². The molecule has 2 aliphatic rings. The average Bonchev–Trinajstić information content (AvgIpc) is 3.91. The molecule has 1 aliphatic heterocycles. The van der Waals surface area contributed by atoms with Crippen molar-refractivity contribution in [1.29, 1.82) is 5.26 Å². The smallest absolute Gasteiger partial charge is 0.251 e. The van der Waals surface area contributed by atoms with Crippen molar-refractivity contribution in [2.24, 2.45) is 16.2 Å². The van der Waals surface area contributed by atoms with Crippen molar-refractivity contribution in [2.45, 2.75) is 118 Å². The number of anilines is 1. The highest BCUT2D eigenvalue weighted by Gasteiger charge is 2.64. The number of unbranched alkanes of at least 4 members (excludes halogenated alkanes) is 2. The van der Waals surface area contributed by atoms with Gasteiger partial charge in [0.1, 0.15) is 36.6 Å². The Morgan fingerprint density at radius 3 is 2.37 bits per heavy atom. The monoisotopic (exact) mass is 954 g/mol. The maximum absolute atomic E-state index is 14.0. The number of aromatic nitrogens is 2. The molecule has 2 aromatic heterocycles. The zero-order chi connectivity index (χ0) is 48.7. The summed E-state index contributed by atoms with van der Waals surface area (Å²) in [6.45, 7) is 16.7. The van der Waals surface area contributed by atoms with E-state index >= 15 is 0 Å². The lowest BCUT2D eigenvalue weighted by atomic mass is 9.49. The zero-order valence-electron chi connectivity index (χ0n) is 39.6. The third kappa shape index (κ3) is 12.3. The van der Waals surface area contributed by atoms with Crippen LogP contribution in [0.15, 0.2) is 66.3 Å². The number of hydrogen-bond donors (Lipinski definition) is 5. The molecule has 5 N–H and O–H groups in total. The lowest BCUT2D eigenvalue weighted by Gasteiger charge is -2.63. The number of β-amino-alcohol motifs (C(OH)–C–C–N with tert-alkyl or cyclic N) is 1. The van der Waals surface area contributed by atoms with E-state index in [0.717, 1.165) is 46.8 Å². The highest BCUT2D eigenvalue weighted by atomic mass is 35.5. The van der Waals surface area contributed by atoms with E-state index in [4.69, 9.17) is 21.1 Å². The largest absolute Gasteiger partial charge is 0.489 e. The molecule has 2 aromatic carbocycles. The SMILES string of the molecule is Cc1ncsc1-c1ccc(CNC(=O)[C@@H]2C[C@@H](O)CN2C(=O)[C@@H](NC(=O)COCCCCCNc2ccc(C(=O)N[C@H]3C(C)(C)[C@H](Oc4ccc(C#N)c(Cl)c4)C3(C)C)cc2)C(C)(C)C)cn1. The summed E-state index contributed by atoms with van der Waals surface area (Å²) >= 11 is 7.75. The maximum Gasteiger partial charge on any atom is 0.251 e. The molecular weight excluding hydrogens is 892 g/mol. The van der Waals surface area contributed by atoms with Crippen LogP contribution in [-0.4, -0.2) is 100 Å². The number of nitriles is 1. The molecule has 358 valence electrons. The first-order valence-electron chi connectivity index (χ1n) is 22.7. The Labute approximate surface area is 402 Å². The van der Waals surface area contributed by atoms with Gasteiger partial charge in [-0.25, -0.2) is 4.98 Å². The Kier molecular flexibility index (Phi) is 16.4. The Bertz CT molecular complexity index is 2410. The van der Waals surface area contributed by atoms with Crippen molar-refractivity contribution in [3.8, 4) is 22.4 Å². The van der Waals surface area contributed by atoms with E-state index in [9.17, 15) is 29.5 Å². The normalized spacial score (nSPS) is 19.9. The molecule has 1 saturated heterocycles. The number of nitrogens with one attached hydrogen (secondary N) is 4. The molecule has 0 radical (unpaired) electrons. The molecule has 6 rings (SSSR count). The number of rotatable bonds is 19. The zero-order valence-corrected chi connectivity index (χ0v) is 41.1. The second kappa shape index (κ2) is 21.6. The summed E-state index contributed by atoms with van der Waals surface area (Å²) in [5.74, 6) is -0.863. The number of carbonyl (C=O) groups is 4. The highest BCUT2D eigenvalue weighted by molar-refractivity contribution is 7.13. The van der Waals surface area contributed by atoms with E-state index in [0.29, 0.717) is 35.1 Å². The summed E-state index contributed by atoms with van der Waals surface area (Å²) in [4.78, 5) is 64.9. The van der Waals surface area contributed by atoms with Gasteiger partial charge in [0.2, 0.25) is 17.7 Å². The minimum absolute atomic E-state index is 0.0203. The molecule has 4 aromatic rings. The van der Waals surface area contributed by atoms with Gasteiger partial charge < -0.3 is 40.7 Å². The van der Waals surface area contributed by atoms with Gasteiger partial charge in [-0.1, -0.05) is 66.1 Å². The number of likely N-dealkylation sites (tertiary alicyclic amines) is 1. The third-order valence-electron chi connectivity index (χ3n) is 12.7. The summed E-state index contributed by atoms with van der Waals surface area (Å²) < 4.78 is 12.0. The summed E-state index contributed by atoms with van der Waals surface area (Å²) in [5, 5.41) is 32.4. The molecule has 2 fully saturated rings. The van der Waals surface area contributed by atoms with Crippen molar-refractivity contribution in [3.63, 3.8) is 0 Å². The number of ether oxygens (including phenoxy) is 2. The number of pyridine rings is 1. The van der Waals surface area contributed by atoms with E-state index in [1.807, 2.05) is 52.0 Å². The van der Waals surface area contributed by atoms with Crippen LogP contribution < -0.4 is 26.0 Å². The number of thiazole rings is 1. The van der Waals surface area contributed by atoms with Gasteiger partial charge in [0.05, 0.1) is 38.5 Å². The van der Waals surface area contributed by atoms with Crippen LogP contribution in [0.5, 0.6) is 5.75 Å². The van der Waals surface area contributed by atoms with Gasteiger partial charge in [-0.3, -0.25) is 24.2 Å². The van der Waals surface area contributed by atoms with Gasteiger partial charge in [-0.05, 0) is 79.6 Å². The van der Waals surface area contributed by atoms with E-state index in [1.165, 1.54) is 16.2 Å². The third-order valence-corrected chi connectivity index (χ3v) is 13.9. The summed E-state index contributed by atoms with van der Waals surface area (Å²) in [6, 6.07) is 16.2. The lowest BCUT2D eigenvalue weighted by Crippen LogP contribution is -2.74. The lowest BCUT2D eigenvalue weighted by molar-refractivity contribution is -0.164. The average molecular weight is 956 g/mol. The standard InChI is InChI=1S/C50H63ClN8O7S/c1-30-41(67-29-56-30)38-19-12-31(25-54-38)26-55-44(63)39-22-35(60)27-59(39)45(64)42(48(2,3)4)57-40(61)28-65-21-11-9-10-20-53-34-16-13-32(14-17-34)43(62)58-46-49(5,6)47(50(46,7)8)66-36-18-15-33(24-52)37(51)23-36/h12-19,23,25,29,35,39,42,46-47,53,60H,9-11,20-22,26-28H2,1-8H3,(H,55,63)(H,57,61)(H,58,62)/t35-,39+,42-,46-,47-/m1/s1. The van der Waals surface area contributed by atoms with E-state index < -0.39 is 41.3 Å². The van der Waals surface area contributed by atoms with Crippen LogP contribution >= 0.6 is 22.9 Å². The van der Waals surface area contributed by atoms with Crippen LogP contribution in [-0.2, 0) is 25.7 Å². The molecule has 3 heterocycles. The summed E-state index contributed by atoms with van der Waals surface area (Å²) in [6.07, 6.45) is 3.14. The topological polar surface area (TPSA) is 208 Å². The number of aliphatic hydroxyl groups excluding tert-OH is 1. The fourth-order valence-corrected chi connectivity index (χ4v) is 10.3. The minimum atomic E-state index is -0.955. The first-order chi connectivity index (χ1) is 31.7. The summed E-state index contributed by atoms with van der Waals surface area (Å²) in [7, 11) is 0. The fourth-order valence-electron chi connectivity index (χ4n) is 9.29. The van der Waals surface area contributed by atoms with Crippen molar-refractivity contribution >= 4 is 52.3 Å². The van der Waals surface area contributed by atoms with Gasteiger partial charge in [-0.15, -0.1) is 11.3 Å². The predicted molar refractivity (Wildman–Crippen MR) is 258 cm³/mol. The van der Waals surface area contributed by atoms with Crippen LogP contribution in [0.2, 0.25) is 5.02 Å². The van der Waals surface area contributed by atoms with E-state index in [1.54, 1.807) is 42.0 Å². The Hall–Kier alpha value is -5.60. The number of nitrogens with zero attached hydrogens (tertiary/aromatic N) is 4. The molecule has 4 amide bonds. The van der Waals surface area contributed by atoms with Crippen molar-refractivity contribution in [1.82, 2.24) is 30.8 Å². The second-order valence-corrected chi connectivity index (χ2v) is 21.0. The van der Waals surface area contributed by atoms with Crippen LogP contribution in [0.1, 0.15) is 101 Å². The number of halogens is 1. The number of benzene rings is 2. The number of hydrogen-bond acceptors (Lipinski definition) is 12.